The maximum atomic E-state index is 14.4. The van der Waals surface area contributed by atoms with Crippen LogP contribution < -0.4 is 37.2 Å². The lowest BCUT2D eigenvalue weighted by molar-refractivity contribution is -0.141. The summed E-state index contributed by atoms with van der Waals surface area (Å²) in [5, 5.41) is 31.6. The van der Waals surface area contributed by atoms with Crippen LogP contribution in [-0.4, -0.2) is 106 Å². The molecule has 0 bridgehead atoms. The smallest absolute Gasteiger partial charge is 0.305 e. The van der Waals surface area contributed by atoms with Gasteiger partial charge in [-0.15, -0.1) is 0 Å². The van der Waals surface area contributed by atoms with E-state index in [2.05, 4.69) is 26.6 Å². The number of benzene rings is 2. The van der Waals surface area contributed by atoms with Crippen molar-refractivity contribution in [1.82, 2.24) is 26.6 Å². The Balaban J connectivity index is 2.51. The number of rotatable bonds is 26. The Morgan fingerprint density at radius 3 is 1.81 bits per heavy atom. The molecule has 0 aliphatic heterocycles. The Morgan fingerprint density at radius 1 is 0.688 bits per heavy atom. The topological polar surface area (TPSA) is 301 Å². The van der Waals surface area contributed by atoms with Crippen molar-refractivity contribution in [1.29, 1.82) is 0 Å². The number of carboxylic acids is 2. The minimum atomic E-state index is -1.71. The summed E-state index contributed by atoms with van der Waals surface area (Å²) in [5.41, 5.74) is 5.81. The molecule has 0 spiro atoms. The third-order valence-corrected chi connectivity index (χ3v) is 10.0. The zero-order valence-corrected chi connectivity index (χ0v) is 37.5. The number of nitrogens with one attached hydrogen (secondary N) is 5. The highest BCUT2D eigenvalue weighted by Gasteiger charge is 2.38. The maximum Gasteiger partial charge on any atom is 0.305 e. The third kappa shape index (κ3) is 18.0. The predicted octanol–water partition coefficient (Wildman–Crippen LogP) is 1.67. The number of carboxylic acid groups (broad SMARTS) is 2. The van der Waals surface area contributed by atoms with E-state index in [0.29, 0.717) is 18.4 Å². The highest BCUT2D eigenvalue weighted by molar-refractivity contribution is 6.37. The SMILES string of the molecule is CCCC[C@H](NC(=O)[C@H](CC(C)C)NC(=O)[C@@H](NC(=O)[C@H](Cc1ccccc1C)NC(=O)CN(C(=O)[C@H](CC(=O)O)NC(=O)CCC(=O)O)c1ccccc1)C(C)(C)C)C(=O)C(N)=O. The third-order valence-electron chi connectivity index (χ3n) is 10.0. The first-order valence-electron chi connectivity index (χ1n) is 21.1. The van der Waals surface area contributed by atoms with Crippen LogP contribution in [0.4, 0.5) is 5.69 Å². The van der Waals surface area contributed by atoms with Gasteiger partial charge in [0.2, 0.25) is 35.3 Å². The molecule has 2 rings (SSSR count). The summed E-state index contributed by atoms with van der Waals surface area (Å²) in [6.07, 6.45) is -0.684. The van der Waals surface area contributed by atoms with Gasteiger partial charge in [-0.25, -0.2) is 0 Å². The molecule has 7 amide bonds. The second-order valence-electron chi connectivity index (χ2n) is 17.1. The Labute approximate surface area is 373 Å². The van der Waals surface area contributed by atoms with E-state index >= 15 is 0 Å². The minimum absolute atomic E-state index is 0.0886. The van der Waals surface area contributed by atoms with Crippen LogP contribution in [0.25, 0.3) is 0 Å². The second kappa shape index (κ2) is 25.4. The number of hydrogen-bond acceptors (Lipinski definition) is 10. The molecule has 0 saturated carbocycles. The van der Waals surface area contributed by atoms with Crippen molar-refractivity contribution in [3.05, 3.63) is 65.7 Å². The van der Waals surface area contributed by atoms with Crippen LogP contribution in [0.1, 0.15) is 97.6 Å². The molecule has 64 heavy (non-hydrogen) atoms. The molecule has 0 unspecified atom stereocenters. The molecule has 9 N–H and O–H groups in total. The van der Waals surface area contributed by atoms with Gasteiger partial charge >= 0.3 is 11.9 Å². The van der Waals surface area contributed by atoms with E-state index in [1.165, 1.54) is 12.1 Å². The Hall–Kier alpha value is -6.66. The van der Waals surface area contributed by atoms with E-state index in [4.69, 9.17) is 10.8 Å². The van der Waals surface area contributed by atoms with Crippen LogP contribution in [0.2, 0.25) is 0 Å². The number of unbranched alkanes of at least 4 members (excludes halogenated alkanes) is 1. The fraction of sp³-hybridized carbons (Fsp3) is 0.511. The Kier molecular flexibility index (Phi) is 21.3. The van der Waals surface area contributed by atoms with Gasteiger partial charge < -0.3 is 47.4 Å². The molecular weight excluding hydrogens is 831 g/mol. The highest BCUT2D eigenvalue weighted by atomic mass is 16.4. The van der Waals surface area contributed by atoms with Crippen LogP contribution in [0.3, 0.4) is 0 Å². The molecule has 2 aromatic rings. The van der Waals surface area contributed by atoms with Crippen LogP contribution >= 0.6 is 0 Å². The largest absolute Gasteiger partial charge is 0.481 e. The summed E-state index contributed by atoms with van der Waals surface area (Å²) in [6.45, 7) is 11.5. The van der Waals surface area contributed by atoms with Crippen LogP contribution in [0.15, 0.2) is 54.6 Å². The molecule has 0 saturated heterocycles. The number of nitrogens with zero attached hydrogens (tertiary/aromatic N) is 1. The molecular formula is C45H63N7O12. The summed E-state index contributed by atoms with van der Waals surface area (Å²) in [7, 11) is 0. The second-order valence-corrected chi connectivity index (χ2v) is 17.1. The lowest BCUT2D eigenvalue weighted by atomic mass is 9.85. The van der Waals surface area contributed by atoms with Gasteiger partial charge in [0, 0.05) is 18.5 Å². The first-order chi connectivity index (χ1) is 29.9. The van der Waals surface area contributed by atoms with Crippen molar-refractivity contribution < 1.29 is 58.2 Å². The fourth-order valence-corrected chi connectivity index (χ4v) is 6.60. The van der Waals surface area contributed by atoms with Crippen LogP contribution in [0.5, 0.6) is 0 Å². The van der Waals surface area contributed by atoms with Gasteiger partial charge in [-0.1, -0.05) is 96.8 Å². The molecule has 350 valence electrons. The normalized spacial score (nSPS) is 13.5. The van der Waals surface area contributed by atoms with E-state index < -0.39 is 121 Å². The highest BCUT2D eigenvalue weighted by Crippen LogP contribution is 2.22. The van der Waals surface area contributed by atoms with Crippen molar-refractivity contribution in [2.45, 2.75) is 130 Å². The average molecular weight is 894 g/mol. The molecule has 0 fully saturated rings. The molecule has 0 aromatic heterocycles. The van der Waals surface area contributed by atoms with E-state index in [0.717, 1.165) is 10.5 Å². The van der Waals surface area contributed by atoms with Gasteiger partial charge in [0.15, 0.2) is 0 Å². The van der Waals surface area contributed by atoms with Gasteiger partial charge in [0.1, 0.15) is 30.7 Å². The molecule has 0 aliphatic carbocycles. The monoisotopic (exact) mass is 893 g/mol. The number of carbonyl (C=O) groups excluding carboxylic acids is 8. The molecule has 2 aromatic carbocycles. The number of anilines is 1. The van der Waals surface area contributed by atoms with Crippen LogP contribution in [0, 0.1) is 18.3 Å². The zero-order chi connectivity index (χ0) is 48.3. The zero-order valence-electron chi connectivity index (χ0n) is 37.5. The lowest BCUT2D eigenvalue weighted by Gasteiger charge is -2.34. The van der Waals surface area contributed by atoms with Gasteiger partial charge in [-0.05, 0) is 54.4 Å². The number of para-hydroxylation sites is 1. The molecule has 19 heteroatoms. The fourth-order valence-electron chi connectivity index (χ4n) is 6.60. The quantitative estimate of drug-likeness (QED) is 0.0626. The van der Waals surface area contributed by atoms with Crippen molar-refractivity contribution in [3.8, 4) is 0 Å². The number of hydrogen-bond donors (Lipinski definition) is 8. The van der Waals surface area contributed by atoms with Crippen LogP contribution in [-0.2, 0) is 54.4 Å². The molecule has 5 atom stereocenters. The summed E-state index contributed by atoms with van der Waals surface area (Å²) >= 11 is 0. The van der Waals surface area contributed by atoms with E-state index in [9.17, 15) is 53.1 Å². The summed E-state index contributed by atoms with van der Waals surface area (Å²) in [6, 6.07) is 7.91. The number of amides is 7. The maximum absolute atomic E-state index is 14.4. The molecule has 0 aliphatic rings. The predicted molar refractivity (Wildman–Crippen MR) is 235 cm³/mol. The van der Waals surface area contributed by atoms with Gasteiger partial charge in [0.25, 0.3) is 11.8 Å². The number of aryl methyl sites for hydroxylation is 1. The van der Waals surface area contributed by atoms with Crippen molar-refractivity contribution >= 4 is 64.8 Å². The molecule has 0 heterocycles. The number of Topliss-reactive ketones (excluding diaryl/α,β-unsaturated/α-hetero) is 1. The first-order valence-corrected chi connectivity index (χ1v) is 21.1. The number of aliphatic carboxylic acids is 2. The summed E-state index contributed by atoms with van der Waals surface area (Å²) in [4.78, 5) is 131. The summed E-state index contributed by atoms with van der Waals surface area (Å²) < 4.78 is 0. The Morgan fingerprint density at radius 2 is 1.27 bits per heavy atom. The average Bonchev–Trinajstić information content (AvgIpc) is 3.21. The standard InChI is InChI=1S/C45H63N7O12/c1-8-9-19-30(38(59)40(46)60)49-41(61)31(22-26(2)3)50-43(63)39(45(5,6)7)51-42(62)32(23-28-16-14-13-15-27(28)4)47-35(54)25-52(29-17-11-10-12-18-29)44(64)33(24-37(57)58)48-34(53)20-21-36(55)56/h10-18,26,30-33,39H,8-9,19-25H2,1-7H3,(H2,46,60)(H,47,54)(H,48,53)(H,49,61)(H,50,63)(H,51,62)(H,55,56)(H,57,58)/t30-,31-,32-,33-,39+/m0/s1. The Bertz CT molecular complexity index is 2000. The van der Waals surface area contributed by atoms with E-state index in [1.807, 2.05) is 20.8 Å². The number of ketones is 1. The van der Waals surface area contributed by atoms with Gasteiger partial charge in [-0.3, -0.25) is 47.9 Å². The van der Waals surface area contributed by atoms with Crippen molar-refractivity contribution in [2.24, 2.45) is 17.1 Å². The summed E-state index contributed by atoms with van der Waals surface area (Å²) in [5.74, 6) is -10.2. The van der Waals surface area contributed by atoms with E-state index in [1.54, 1.807) is 70.2 Å². The molecule has 19 nitrogen and oxygen atoms in total. The number of nitrogens with two attached hydrogens (primary N) is 1. The number of carbonyl (C=O) groups is 10. The number of primary amides is 1. The van der Waals surface area contributed by atoms with Crippen molar-refractivity contribution in [2.75, 3.05) is 11.4 Å². The lowest BCUT2D eigenvalue weighted by Crippen LogP contribution is -2.62. The minimum Gasteiger partial charge on any atom is -0.481 e. The van der Waals surface area contributed by atoms with Gasteiger partial charge in [0.05, 0.1) is 18.9 Å². The molecule has 0 radical (unpaired) electrons. The van der Waals surface area contributed by atoms with Gasteiger partial charge in [-0.2, -0.15) is 0 Å². The van der Waals surface area contributed by atoms with Crippen molar-refractivity contribution in [3.63, 3.8) is 0 Å². The first kappa shape index (κ1) is 53.5. The van der Waals surface area contributed by atoms with E-state index in [-0.39, 0.29) is 30.9 Å².